The zero-order valence-corrected chi connectivity index (χ0v) is 16.7. The van der Waals surface area contributed by atoms with Crippen LogP contribution in [0.15, 0.2) is 64.5 Å². The number of rotatable bonds is 5. The lowest BCUT2D eigenvalue weighted by Gasteiger charge is -2.04. The van der Waals surface area contributed by atoms with Crippen LogP contribution in [-0.2, 0) is 10.5 Å². The molecule has 7 nitrogen and oxygen atoms in total. The van der Waals surface area contributed by atoms with Gasteiger partial charge in [0.1, 0.15) is 0 Å². The fraction of sp³-hybridized carbons (Fsp3) is 0.143. The lowest BCUT2D eigenvalue weighted by atomic mass is 10.1. The van der Waals surface area contributed by atoms with Gasteiger partial charge in [-0.3, -0.25) is 4.98 Å². The molecule has 4 aromatic rings. The first-order valence-corrected chi connectivity index (χ1v) is 9.90. The van der Waals surface area contributed by atoms with Gasteiger partial charge < -0.3 is 4.74 Å². The Labute approximate surface area is 170 Å². The summed E-state index contributed by atoms with van der Waals surface area (Å²) in [4.78, 5) is 31.4. The zero-order valence-electron chi connectivity index (χ0n) is 15.9. The minimum Gasteiger partial charge on any atom is -0.465 e. The minimum atomic E-state index is -0.370. The largest absolute Gasteiger partial charge is 0.465 e. The highest BCUT2D eigenvalue weighted by molar-refractivity contribution is 7.98. The van der Waals surface area contributed by atoms with Crippen molar-refractivity contribution in [3.63, 3.8) is 0 Å². The average Bonchev–Trinajstić information content (AvgIpc) is 3.09. The smallest absolute Gasteiger partial charge is 0.350 e. The summed E-state index contributed by atoms with van der Waals surface area (Å²) in [6.07, 6.45) is 0. The summed E-state index contributed by atoms with van der Waals surface area (Å²) in [6, 6.07) is 16.9. The Bertz CT molecular complexity index is 1230. The lowest BCUT2D eigenvalue weighted by molar-refractivity contribution is 0.0600. The van der Waals surface area contributed by atoms with E-state index in [1.807, 2.05) is 49.4 Å². The molecule has 1 N–H and O–H groups in total. The number of H-pyrrole nitrogens is 1. The fourth-order valence-electron chi connectivity index (χ4n) is 3.05. The Morgan fingerprint density at radius 1 is 1.14 bits per heavy atom. The summed E-state index contributed by atoms with van der Waals surface area (Å²) in [5.74, 6) is 0.221. The van der Waals surface area contributed by atoms with Crippen LogP contribution in [0.25, 0.3) is 16.8 Å². The number of esters is 1. The molecule has 0 spiro atoms. The topological polar surface area (TPSA) is 89.3 Å². The number of ether oxygens (including phenoxy) is 1. The number of nitrogens with one attached hydrogen (secondary N) is 1. The monoisotopic (exact) mass is 406 g/mol. The molecule has 8 heteroatoms. The van der Waals surface area contributed by atoms with Crippen molar-refractivity contribution >= 4 is 23.4 Å². The van der Waals surface area contributed by atoms with E-state index in [1.165, 1.54) is 23.4 Å². The molecule has 2 heterocycles. The van der Waals surface area contributed by atoms with Gasteiger partial charge in [-0.15, -0.1) is 0 Å². The normalized spacial score (nSPS) is 11.0. The van der Waals surface area contributed by atoms with Crippen molar-refractivity contribution in [1.29, 1.82) is 0 Å². The number of hydrogen-bond acceptors (Lipinski definition) is 6. The minimum absolute atomic E-state index is 0.330. The van der Waals surface area contributed by atoms with Crippen LogP contribution in [0.1, 0.15) is 21.6 Å². The first kappa shape index (κ1) is 18.9. The van der Waals surface area contributed by atoms with Gasteiger partial charge in [-0.1, -0.05) is 54.2 Å². The van der Waals surface area contributed by atoms with E-state index < -0.39 is 0 Å². The third-order valence-electron chi connectivity index (χ3n) is 4.46. The van der Waals surface area contributed by atoms with Gasteiger partial charge >= 0.3 is 11.7 Å². The van der Waals surface area contributed by atoms with Gasteiger partial charge in [0.05, 0.1) is 18.4 Å². The molecule has 0 aliphatic carbocycles. The van der Waals surface area contributed by atoms with Crippen LogP contribution in [0.3, 0.4) is 0 Å². The molecule has 0 aliphatic rings. The van der Waals surface area contributed by atoms with Crippen molar-refractivity contribution in [2.24, 2.45) is 0 Å². The van der Waals surface area contributed by atoms with Gasteiger partial charge in [0.15, 0.2) is 10.8 Å². The van der Waals surface area contributed by atoms with Crippen molar-refractivity contribution in [2.75, 3.05) is 7.11 Å². The van der Waals surface area contributed by atoms with Crippen LogP contribution in [0.5, 0.6) is 0 Å². The first-order valence-electron chi connectivity index (χ1n) is 8.92. The van der Waals surface area contributed by atoms with Crippen molar-refractivity contribution in [2.45, 2.75) is 17.8 Å². The maximum absolute atomic E-state index is 12.5. The predicted octanol–water partition coefficient (Wildman–Crippen LogP) is 3.47. The maximum atomic E-state index is 12.5. The van der Waals surface area contributed by atoms with E-state index in [2.05, 4.69) is 15.1 Å². The number of fused-ring (bicyclic) bond motifs is 1. The highest BCUT2D eigenvalue weighted by Crippen LogP contribution is 2.27. The SMILES string of the molecule is COC(=O)c1ccc(CSc2nc3c(-c4ccccc4)c(C)nn3c(=O)[nH]2)cc1. The number of carbonyl (C=O) groups is 1. The molecule has 0 saturated carbocycles. The number of hydrogen-bond donors (Lipinski definition) is 1. The van der Waals surface area contributed by atoms with Crippen molar-refractivity contribution in [3.8, 4) is 11.1 Å². The van der Waals surface area contributed by atoms with Gasteiger partial charge in [-0.2, -0.15) is 9.61 Å². The van der Waals surface area contributed by atoms with Gasteiger partial charge in [0.2, 0.25) is 0 Å². The Morgan fingerprint density at radius 3 is 2.55 bits per heavy atom. The molecule has 0 amide bonds. The summed E-state index contributed by atoms with van der Waals surface area (Å²) in [6.45, 7) is 1.87. The third-order valence-corrected chi connectivity index (χ3v) is 5.41. The zero-order chi connectivity index (χ0) is 20.4. The maximum Gasteiger partial charge on any atom is 0.350 e. The summed E-state index contributed by atoms with van der Waals surface area (Å²) >= 11 is 1.41. The Kier molecular flexibility index (Phi) is 5.18. The highest BCUT2D eigenvalue weighted by Gasteiger charge is 2.16. The van der Waals surface area contributed by atoms with Gasteiger partial charge in [-0.05, 0) is 30.2 Å². The van der Waals surface area contributed by atoms with Crippen LogP contribution in [0, 0.1) is 6.92 Å². The molecule has 4 rings (SSSR count). The lowest BCUT2D eigenvalue weighted by Crippen LogP contribution is -2.19. The van der Waals surface area contributed by atoms with Crippen LogP contribution in [-0.4, -0.2) is 32.7 Å². The van der Waals surface area contributed by atoms with Gasteiger partial charge in [-0.25, -0.2) is 14.6 Å². The number of benzene rings is 2. The quantitative estimate of drug-likeness (QED) is 0.403. The van der Waals surface area contributed by atoms with Gasteiger partial charge in [0, 0.05) is 11.3 Å². The molecule has 2 aromatic heterocycles. The summed E-state index contributed by atoms with van der Waals surface area (Å²) in [5, 5.41) is 4.85. The Morgan fingerprint density at radius 2 is 1.86 bits per heavy atom. The van der Waals surface area contributed by atoms with Crippen LogP contribution in [0.4, 0.5) is 0 Å². The van der Waals surface area contributed by atoms with E-state index >= 15 is 0 Å². The Hall–Kier alpha value is -3.39. The molecule has 0 radical (unpaired) electrons. The summed E-state index contributed by atoms with van der Waals surface area (Å²) in [5.41, 5.74) is 4.25. The number of carbonyl (C=O) groups excluding carboxylic acids is 1. The van der Waals surface area contributed by atoms with E-state index in [0.29, 0.717) is 22.1 Å². The summed E-state index contributed by atoms with van der Waals surface area (Å²) in [7, 11) is 1.35. The second-order valence-electron chi connectivity index (χ2n) is 6.39. The molecule has 2 aromatic carbocycles. The van der Waals surface area contributed by atoms with Crippen molar-refractivity contribution in [3.05, 3.63) is 81.9 Å². The molecule has 0 aliphatic heterocycles. The van der Waals surface area contributed by atoms with Crippen LogP contribution >= 0.6 is 11.8 Å². The standard InChI is InChI=1S/C21H18N4O3S/c1-13-17(15-6-4-3-5-7-15)18-22-20(23-21(27)25(18)24-13)29-12-14-8-10-16(11-9-14)19(26)28-2/h3-11H,12H2,1-2H3,(H,22,23,27). The van der Waals surface area contributed by atoms with Gasteiger partial charge in [0.25, 0.3) is 0 Å². The summed E-state index contributed by atoms with van der Waals surface area (Å²) < 4.78 is 6.01. The van der Waals surface area contributed by atoms with Crippen molar-refractivity contribution in [1.82, 2.24) is 19.6 Å². The molecule has 0 bridgehead atoms. The second-order valence-corrected chi connectivity index (χ2v) is 7.35. The van der Waals surface area contributed by atoms with E-state index in [4.69, 9.17) is 4.74 Å². The number of aromatic nitrogens is 4. The number of methoxy groups -OCH3 is 1. The fourth-order valence-corrected chi connectivity index (χ4v) is 3.85. The number of thioether (sulfide) groups is 1. The molecule has 0 atom stereocenters. The number of aryl methyl sites for hydroxylation is 1. The van der Waals surface area contributed by atoms with Crippen LogP contribution < -0.4 is 5.69 Å². The molecule has 0 saturated heterocycles. The first-order chi connectivity index (χ1) is 14.1. The third kappa shape index (κ3) is 3.79. The van der Waals surface area contributed by atoms with Crippen LogP contribution in [0.2, 0.25) is 0 Å². The molecule has 146 valence electrons. The average molecular weight is 406 g/mol. The molecular weight excluding hydrogens is 388 g/mol. The molecule has 0 fully saturated rings. The number of nitrogens with zero attached hydrogens (tertiary/aromatic N) is 3. The van der Waals surface area contributed by atoms with E-state index in [9.17, 15) is 9.59 Å². The molecule has 0 unspecified atom stereocenters. The predicted molar refractivity (Wildman–Crippen MR) is 111 cm³/mol. The van der Waals surface area contributed by atoms with Crippen molar-refractivity contribution < 1.29 is 9.53 Å². The number of aromatic amines is 1. The molecule has 29 heavy (non-hydrogen) atoms. The van der Waals surface area contributed by atoms with E-state index in [1.54, 1.807) is 12.1 Å². The van der Waals surface area contributed by atoms with E-state index in [0.717, 1.165) is 22.4 Å². The molecular formula is C21H18N4O3S. The second kappa shape index (κ2) is 7.92. The van der Waals surface area contributed by atoms with E-state index in [-0.39, 0.29) is 11.7 Å². The Balaban J connectivity index is 1.63. The highest BCUT2D eigenvalue weighted by atomic mass is 32.2.